The summed E-state index contributed by atoms with van der Waals surface area (Å²) in [6.07, 6.45) is 0. The minimum atomic E-state index is 0.192. The zero-order valence-electron chi connectivity index (χ0n) is 14.9. The maximum atomic E-state index is 6.07. The lowest BCUT2D eigenvalue weighted by Gasteiger charge is -2.25. The molecule has 2 aromatic carbocycles. The number of aryl methyl sites for hydroxylation is 1. The van der Waals surface area contributed by atoms with E-state index in [1.807, 2.05) is 24.3 Å². The van der Waals surface area contributed by atoms with Crippen LogP contribution in [0, 0.1) is 0 Å². The fourth-order valence-electron chi connectivity index (χ4n) is 3.43. The number of furan rings is 1. The van der Waals surface area contributed by atoms with Crippen molar-refractivity contribution in [3.05, 3.63) is 66.2 Å². The molecule has 4 heteroatoms. The molecule has 0 N–H and O–H groups in total. The number of fused-ring (bicyclic) bond motifs is 2. The van der Waals surface area contributed by atoms with Crippen molar-refractivity contribution in [1.82, 2.24) is 14.5 Å². The number of benzene rings is 2. The highest BCUT2D eigenvalue weighted by Crippen LogP contribution is 2.28. The van der Waals surface area contributed by atoms with Crippen molar-refractivity contribution in [2.45, 2.75) is 26.4 Å². The smallest absolute Gasteiger partial charge is 0.134 e. The van der Waals surface area contributed by atoms with Crippen LogP contribution in [0.5, 0.6) is 0 Å². The van der Waals surface area contributed by atoms with E-state index in [4.69, 9.17) is 9.40 Å². The Labute approximate surface area is 147 Å². The van der Waals surface area contributed by atoms with E-state index in [0.29, 0.717) is 0 Å². The van der Waals surface area contributed by atoms with Gasteiger partial charge in [0, 0.05) is 12.4 Å². The highest BCUT2D eigenvalue weighted by atomic mass is 16.3. The van der Waals surface area contributed by atoms with Gasteiger partial charge in [0.1, 0.15) is 17.2 Å². The Balaban J connectivity index is 1.63. The predicted octanol–water partition coefficient (Wildman–Crippen LogP) is 4.90. The molecule has 0 aliphatic carbocycles. The van der Waals surface area contributed by atoms with Gasteiger partial charge < -0.3 is 8.98 Å². The van der Waals surface area contributed by atoms with Crippen molar-refractivity contribution < 1.29 is 4.42 Å². The first kappa shape index (κ1) is 15.9. The molecule has 0 aliphatic rings. The number of hydrogen-bond acceptors (Lipinski definition) is 3. The molecule has 0 saturated heterocycles. The molecule has 0 spiro atoms. The highest BCUT2D eigenvalue weighted by Gasteiger charge is 2.20. The van der Waals surface area contributed by atoms with Crippen molar-refractivity contribution in [3.8, 4) is 0 Å². The maximum absolute atomic E-state index is 6.07. The Bertz CT molecular complexity index is 981. The van der Waals surface area contributed by atoms with E-state index in [-0.39, 0.29) is 6.04 Å². The summed E-state index contributed by atoms with van der Waals surface area (Å²) >= 11 is 0. The van der Waals surface area contributed by atoms with Crippen molar-refractivity contribution in [2.75, 3.05) is 6.54 Å². The summed E-state index contributed by atoms with van der Waals surface area (Å²) in [6.45, 7) is 6.10. The third kappa shape index (κ3) is 2.83. The molecule has 0 aliphatic heterocycles. The highest BCUT2D eigenvalue weighted by molar-refractivity contribution is 5.78. The first-order chi connectivity index (χ1) is 12.2. The molecule has 0 bridgehead atoms. The maximum Gasteiger partial charge on any atom is 0.134 e. The van der Waals surface area contributed by atoms with Crippen LogP contribution in [0.15, 0.2) is 59.0 Å². The third-order valence-electron chi connectivity index (χ3n) is 5.03. The third-order valence-corrected chi connectivity index (χ3v) is 5.03. The summed E-state index contributed by atoms with van der Waals surface area (Å²) in [5.74, 6) is 2.08. The van der Waals surface area contributed by atoms with Gasteiger partial charge in [0.05, 0.1) is 23.6 Å². The van der Waals surface area contributed by atoms with Gasteiger partial charge in [-0.05, 0) is 37.7 Å². The van der Waals surface area contributed by atoms with Crippen LogP contribution in [0.1, 0.15) is 31.5 Å². The zero-order valence-corrected chi connectivity index (χ0v) is 14.9. The largest absolute Gasteiger partial charge is 0.459 e. The Morgan fingerprint density at radius 3 is 2.64 bits per heavy atom. The van der Waals surface area contributed by atoms with Gasteiger partial charge in [-0.3, -0.25) is 4.90 Å². The van der Waals surface area contributed by atoms with Crippen LogP contribution in [0.25, 0.3) is 22.0 Å². The van der Waals surface area contributed by atoms with E-state index < -0.39 is 0 Å². The Kier molecular flexibility index (Phi) is 4.06. The second-order valence-electron chi connectivity index (χ2n) is 6.50. The topological polar surface area (TPSA) is 34.2 Å². The molecule has 0 saturated carbocycles. The van der Waals surface area contributed by atoms with Crippen LogP contribution >= 0.6 is 0 Å². The van der Waals surface area contributed by atoms with Gasteiger partial charge in [-0.15, -0.1) is 0 Å². The quantitative estimate of drug-likeness (QED) is 0.521. The van der Waals surface area contributed by atoms with Gasteiger partial charge in [-0.25, -0.2) is 4.98 Å². The molecule has 4 rings (SSSR count). The fourth-order valence-corrected chi connectivity index (χ4v) is 3.43. The lowest BCUT2D eigenvalue weighted by Crippen LogP contribution is -2.27. The minimum absolute atomic E-state index is 0.192. The van der Waals surface area contributed by atoms with E-state index in [9.17, 15) is 0 Å². The average molecular weight is 333 g/mol. The van der Waals surface area contributed by atoms with Crippen molar-refractivity contribution >= 4 is 22.0 Å². The molecule has 1 atom stereocenters. The van der Waals surface area contributed by atoms with Crippen LogP contribution < -0.4 is 0 Å². The van der Waals surface area contributed by atoms with Gasteiger partial charge >= 0.3 is 0 Å². The van der Waals surface area contributed by atoms with Crippen molar-refractivity contribution in [1.29, 1.82) is 0 Å². The number of imidazole rings is 1. The van der Waals surface area contributed by atoms with Crippen LogP contribution in [0.2, 0.25) is 0 Å². The van der Waals surface area contributed by atoms with Crippen LogP contribution in [-0.2, 0) is 13.6 Å². The molecule has 2 heterocycles. The number of hydrogen-bond donors (Lipinski definition) is 0. The molecular weight excluding hydrogens is 310 g/mol. The molecule has 1 unspecified atom stereocenters. The fraction of sp³-hybridized carbons (Fsp3) is 0.286. The lowest BCUT2D eigenvalue weighted by molar-refractivity contribution is 0.185. The summed E-state index contributed by atoms with van der Waals surface area (Å²) in [5.41, 5.74) is 3.17. The number of para-hydroxylation sites is 3. The van der Waals surface area contributed by atoms with Gasteiger partial charge in [0.25, 0.3) is 0 Å². The van der Waals surface area contributed by atoms with Crippen molar-refractivity contribution in [2.24, 2.45) is 7.05 Å². The molecule has 128 valence electrons. The molecule has 4 aromatic rings. The zero-order chi connectivity index (χ0) is 17.4. The summed E-state index contributed by atoms with van der Waals surface area (Å²) < 4.78 is 8.25. The lowest BCUT2D eigenvalue weighted by atomic mass is 10.2. The summed E-state index contributed by atoms with van der Waals surface area (Å²) in [7, 11) is 2.09. The normalized spacial score (nSPS) is 13.1. The van der Waals surface area contributed by atoms with E-state index in [2.05, 4.69) is 60.7 Å². The van der Waals surface area contributed by atoms with Crippen LogP contribution in [-0.4, -0.2) is 21.0 Å². The second kappa shape index (κ2) is 6.37. The monoisotopic (exact) mass is 333 g/mol. The van der Waals surface area contributed by atoms with Crippen LogP contribution in [0.4, 0.5) is 0 Å². The minimum Gasteiger partial charge on any atom is -0.459 e. The Morgan fingerprint density at radius 2 is 1.88 bits per heavy atom. The molecule has 0 fully saturated rings. The van der Waals surface area contributed by atoms with Gasteiger partial charge in [-0.2, -0.15) is 0 Å². The molecule has 25 heavy (non-hydrogen) atoms. The van der Waals surface area contributed by atoms with E-state index in [0.717, 1.165) is 41.2 Å². The SMILES string of the molecule is CCN(Cc1nc2ccccc2n1C)C(C)c1cc2ccccc2o1. The van der Waals surface area contributed by atoms with E-state index >= 15 is 0 Å². The average Bonchev–Trinajstić information content (AvgIpc) is 3.21. The summed E-state index contributed by atoms with van der Waals surface area (Å²) in [4.78, 5) is 7.20. The van der Waals surface area contributed by atoms with Crippen molar-refractivity contribution in [3.63, 3.8) is 0 Å². The number of nitrogens with zero attached hydrogens (tertiary/aromatic N) is 3. The Hall–Kier alpha value is -2.59. The molecule has 0 amide bonds. The second-order valence-corrected chi connectivity index (χ2v) is 6.50. The van der Waals surface area contributed by atoms with Gasteiger partial charge in [0.2, 0.25) is 0 Å². The molecule has 4 nitrogen and oxygen atoms in total. The number of aromatic nitrogens is 2. The standard InChI is InChI=1S/C21H23N3O/c1-4-24(14-21-22-17-10-6-7-11-18(17)23(21)3)15(2)20-13-16-9-5-8-12-19(16)25-20/h5-13,15H,4,14H2,1-3H3. The summed E-state index contributed by atoms with van der Waals surface area (Å²) in [6, 6.07) is 18.8. The van der Waals surface area contributed by atoms with Gasteiger partial charge in [0.15, 0.2) is 0 Å². The first-order valence-electron chi connectivity index (χ1n) is 8.80. The molecule has 0 radical (unpaired) electrons. The first-order valence-corrected chi connectivity index (χ1v) is 8.80. The Morgan fingerprint density at radius 1 is 1.12 bits per heavy atom. The van der Waals surface area contributed by atoms with E-state index in [1.165, 1.54) is 5.52 Å². The van der Waals surface area contributed by atoms with Crippen LogP contribution in [0.3, 0.4) is 0 Å². The van der Waals surface area contributed by atoms with Gasteiger partial charge in [-0.1, -0.05) is 37.3 Å². The van der Waals surface area contributed by atoms with E-state index in [1.54, 1.807) is 0 Å². The molecule has 2 aromatic heterocycles. The number of rotatable bonds is 5. The molecular formula is C21H23N3O. The summed E-state index contributed by atoms with van der Waals surface area (Å²) in [5, 5.41) is 1.16. The predicted molar refractivity (Wildman–Crippen MR) is 101 cm³/mol.